The predicted octanol–water partition coefficient (Wildman–Crippen LogP) is 14.6. The summed E-state index contributed by atoms with van der Waals surface area (Å²) in [6.45, 7) is 0. The third-order valence-electron chi connectivity index (χ3n) is 10.9. The standard InChI is InChI=1S/C52H34N2O/c1-3-12-35(13-4-1)37-14-11-17-43(31-37)53(44-28-29-50-47(34-44)45-18-7-9-20-49(45)54(50)41-15-5-2-6-16-41)42-26-24-36(25-27-42)38-22-23-39-32-48-46-19-8-10-21-51(46)55-52(48)33-40(39)30-38/h1-34H. The maximum Gasteiger partial charge on any atom is 0.136 e. The Morgan fingerprint density at radius 1 is 0.327 bits per heavy atom. The molecule has 11 aromatic rings. The monoisotopic (exact) mass is 702 g/mol. The zero-order valence-corrected chi connectivity index (χ0v) is 29.9. The van der Waals surface area contributed by atoms with Crippen LogP contribution in [-0.2, 0) is 0 Å². The number of para-hydroxylation sites is 3. The highest BCUT2D eigenvalue weighted by molar-refractivity contribution is 6.12. The molecule has 55 heavy (non-hydrogen) atoms. The zero-order valence-electron chi connectivity index (χ0n) is 29.9. The van der Waals surface area contributed by atoms with E-state index in [-0.39, 0.29) is 0 Å². The molecule has 0 N–H and O–H groups in total. The Balaban J connectivity index is 1.04. The van der Waals surface area contributed by atoms with Crippen LogP contribution in [0.5, 0.6) is 0 Å². The van der Waals surface area contributed by atoms with Crippen molar-refractivity contribution in [2.24, 2.45) is 0 Å². The first-order valence-corrected chi connectivity index (χ1v) is 18.7. The molecule has 0 spiro atoms. The molecule has 0 saturated carbocycles. The van der Waals surface area contributed by atoms with Gasteiger partial charge in [0.05, 0.1) is 11.0 Å². The largest absolute Gasteiger partial charge is 0.456 e. The molecule has 0 bridgehead atoms. The number of hydrogen-bond acceptors (Lipinski definition) is 2. The Hall–Kier alpha value is -7.36. The van der Waals surface area contributed by atoms with Gasteiger partial charge in [0.25, 0.3) is 0 Å². The lowest BCUT2D eigenvalue weighted by Crippen LogP contribution is -2.10. The summed E-state index contributed by atoms with van der Waals surface area (Å²) in [4.78, 5) is 2.38. The first kappa shape index (κ1) is 31.2. The molecule has 0 aliphatic carbocycles. The van der Waals surface area contributed by atoms with Crippen molar-refractivity contribution in [1.82, 2.24) is 4.57 Å². The van der Waals surface area contributed by atoms with Crippen molar-refractivity contribution in [1.29, 1.82) is 0 Å². The van der Waals surface area contributed by atoms with Gasteiger partial charge < -0.3 is 13.9 Å². The fourth-order valence-electron chi connectivity index (χ4n) is 8.31. The number of hydrogen-bond donors (Lipinski definition) is 0. The van der Waals surface area contributed by atoms with Crippen molar-refractivity contribution in [3.05, 3.63) is 206 Å². The van der Waals surface area contributed by atoms with Gasteiger partial charge in [0.2, 0.25) is 0 Å². The summed E-state index contributed by atoms with van der Waals surface area (Å²) in [5, 5.41) is 7.11. The molecule has 9 aromatic carbocycles. The van der Waals surface area contributed by atoms with E-state index < -0.39 is 0 Å². The third-order valence-corrected chi connectivity index (χ3v) is 10.9. The molecule has 0 unspecified atom stereocenters. The summed E-state index contributed by atoms with van der Waals surface area (Å²) in [6, 6.07) is 74.1. The molecule has 3 heteroatoms. The molecule has 0 saturated heterocycles. The average molecular weight is 703 g/mol. The molecule has 2 heterocycles. The summed E-state index contributed by atoms with van der Waals surface area (Å²) in [5.41, 5.74) is 13.3. The highest BCUT2D eigenvalue weighted by Crippen LogP contribution is 2.41. The summed E-state index contributed by atoms with van der Waals surface area (Å²) in [6.07, 6.45) is 0. The highest BCUT2D eigenvalue weighted by Gasteiger charge is 2.18. The first-order chi connectivity index (χ1) is 27.2. The van der Waals surface area contributed by atoms with E-state index in [4.69, 9.17) is 4.42 Å². The molecule has 0 radical (unpaired) electrons. The van der Waals surface area contributed by atoms with Crippen LogP contribution in [0.15, 0.2) is 211 Å². The topological polar surface area (TPSA) is 21.3 Å². The van der Waals surface area contributed by atoms with Gasteiger partial charge in [0, 0.05) is 44.3 Å². The molecular formula is C52H34N2O. The maximum absolute atomic E-state index is 6.24. The number of nitrogens with zero attached hydrogens (tertiary/aromatic N) is 2. The summed E-state index contributed by atoms with van der Waals surface area (Å²) in [7, 11) is 0. The minimum atomic E-state index is 0.915. The number of benzene rings is 9. The summed E-state index contributed by atoms with van der Waals surface area (Å²) in [5.74, 6) is 0. The Kier molecular flexibility index (Phi) is 7.17. The number of rotatable bonds is 6. The number of fused-ring (bicyclic) bond motifs is 7. The number of aromatic nitrogens is 1. The van der Waals surface area contributed by atoms with Crippen LogP contribution < -0.4 is 4.90 Å². The Bertz CT molecular complexity index is 3190. The van der Waals surface area contributed by atoms with Crippen LogP contribution in [0.3, 0.4) is 0 Å². The molecule has 2 aromatic heterocycles. The molecule has 11 rings (SSSR count). The van der Waals surface area contributed by atoms with Gasteiger partial charge in [-0.3, -0.25) is 0 Å². The van der Waals surface area contributed by atoms with Crippen molar-refractivity contribution in [3.8, 4) is 27.9 Å². The van der Waals surface area contributed by atoms with Gasteiger partial charge >= 0.3 is 0 Å². The number of furan rings is 1. The molecule has 0 aliphatic heterocycles. The van der Waals surface area contributed by atoms with Crippen molar-refractivity contribution < 1.29 is 4.42 Å². The van der Waals surface area contributed by atoms with E-state index in [1.165, 1.54) is 43.9 Å². The molecular weight excluding hydrogens is 669 g/mol. The zero-order chi connectivity index (χ0) is 36.3. The maximum atomic E-state index is 6.24. The van der Waals surface area contributed by atoms with Crippen LogP contribution in [0.2, 0.25) is 0 Å². The van der Waals surface area contributed by atoms with Crippen molar-refractivity contribution >= 4 is 71.6 Å². The third kappa shape index (κ3) is 5.28. The highest BCUT2D eigenvalue weighted by atomic mass is 16.3. The van der Waals surface area contributed by atoms with Crippen LogP contribution in [0.1, 0.15) is 0 Å². The fourth-order valence-corrected chi connectivity index (χ4v) is 8.31. The molecule has 0 aliphatic rings. The Labute approximate surface area is 318 Å². The number of anilines is 3. The summed E-state index contributed by atoms with van der Waals surface area (Å²) >= 11 is 0. The van der Waals surface area contributed by atoms with Crippen LogP contribution in [0, 0.1) is 0 Å². The lowest BCUT2D eigenvalue weighted by Gasteiger charge is -2.26. The van der Waals surface area contributed by atoms with Gasteiger partial charge in [0.15, 0.2) is 0 Å². The van der Waals surface area contributed by atoms with E-state index >= 15 is 0 Å². The Morgan fingerprint density at radius 3 is 1.82 bits per heavy atom. The van der Waals surface area contributed by atoms with Gasteiger partial charge in [-0.25, -0.2) is 0 Å². The molecule has 0 fully saturated rings. The molecule has 0 atom stereocenters. The molecule has 258 valence electrons. The quantitative estimate of drug-likeness (QED) is 0.172. The van der Waals surface area contributed by atoms with E-state index in [0.29, 0.717) is 0 Å². The van der Waals surface area contributed by atoms with Crippen LogP contribution in [0.25, 0.3) is 82.5 Å². The van der Waals surface area contributed by atoms with E-state index in [1.54, 1.807) is 0 Å². The van der Waals surface area contributed by atoms with Crippen molar-refractivity contribution in [3.63, 3.8) is 0 Å². The normalized spacial score (nSPS) is 11.6. The van der Waals surface area contributed by atoms with Crippen LogP contribution >= 0.6 is 0 Å². The van der Waals surface area contributed by atoms with E-state index in [2.05, 4.69) is 204 Å². The average Bonchev–Trinajstić information content (AvgIpc) is 3.78. The van der Waals surface area contributed by atoms with Crippen molar-refractivity contribution in [2.45, 2.75) is 0 Å². The minimum Gasteiger partial charge on any atom is -0.456 e. The first-order valence-electron chi connectivity index (χ1n) is 18.7. The van der Waals surface area contributed by atoms with Gasteiger partial charge in [-0.05, 0) is 118 Å². The molecule has 3 nitrogen and oxygen atoms in total. The van der Waals surface area contributed by atoms with E-state index in [1.807, 2.05) is 12.1 Å². The fraction of sp³-hybridized carbons (Fsp3) is 0. The second-order valence-corrected chi connectivity index (χ2v) is 14.2. The van der Waals surface area contributed by atoms with Crippen LogP contribution in [0.4, 0.5) is 17.1 Å². The van der Waals surface area contributed by atoms with Gasteiger partial charge in [-0.1, -0.05) is 121 Å². The lowest BCUT2D eigenvalue weighted by molar-refractivity contribution is 0.669. The smallest absolute Gasteiger partial charge is 0.136 e. The predicted molar refractivity (Wildman–Crippen MR) is 231 cm³/mol. The SMILES string of the molecule is c1ccc(-c2cccc(N(c3ccc(-c4ccc5cc6c(cc5c4)oc4ccccc46)cc3)c3ccc4c(c3)c3ccccc3n4-c3ccccc3)c2)cc1. The Morgan fingerprint density at radius 2 is 0.964 bits per heavy atom. The van der Waals surface area contributed by atoms with E-state index in [9.17, 15) is 0 Å². The van der Waals surface area contributed by atoms with Gasteiger partial charge in [-0.15, -0.1) is 0 Å². The summed E-state index contributed by atoms with van der Waals surface area (Å²) < 4.78 is 8.60. The van der Waals surface area contributed by atoms with Gasteiger partial charge in [0.1, 0.15) is 11.2 Å². The van der Waals surface area contributed by atoms with Crippen LogP contribution in [-0.4, -0.2) is 4.57 Å². The van der Waals surface area contributed by atoms with Gasteiger partial charge in [-0.2, -0.15) is 0 Å². The van der Waals surface area contributed by atoms with E-state index in [0.717, 1.165) is 55.6 Å². The second kappa shape index (κ2) is 12.6. The second-order valence-electron chi connectivity index (χ2n) is 14.2. The molecule has 0 amide bonds. The van der Waals surface area contributed by atoms with Crippen molar-refractivity contribution in [2.75, 3.05) is 4.90 Å². The minimum absolute atomic E-state index is 0.915. The lowest BCUT2D eigenvalue weighted by atomic mass is 9.99.